The molecule has 1 unspecified atom stereocenters. The van der Waals surface area contributed by atoms with Gasteiger partial charge in [0.05, 0.1) is 11.5 Å². The Morgan fingerprint density at radius 1 is 1.08 bits per heavy atom. The van der Waals surface area contributed by atoms with E-state index in [4.69, 9.17) is 5.84 Å². The van der Waals surface area contributed by atoms with E-state index in [0.29, 0.717) is 0 Å². The lowest BCUT2D eigenvalue weighted by Gasteiger charge is -2.17. The van der Waals surface area contributed by atoms with Gasteiger partial charge in [0.1, 0.15) is 0 Å². The van der Waals surface area contributed by atoms with Gasteiger partial charge in [-0.1, -0.05) is 60.2 Å². The Morgan fingerprint density at radius 2 is 1.71 bits per heavy atom. The molecule has 0 saturated carbocycles. The normalized spacial score (nSPS) is 12.6. The molecule has 0 spiro atoms. The first-order chi connectivity index (χ1) is 11.4. The molecule has 1 amide bonds. The van der Waals surface area contributed by atoms with Crippen LogP contribution in [-0.4, -0.2) is 20.1 Å². The molecule has 0 heterocycles. The first-order valence-corrected chi connectivity index (χ1v) is 9.52. The summed E-state index contributed by atoms with van der Waals surface area (Å²) in [6, 6.07) is 16.6. The molecule has 0 aromatic heterocycles. The molecule has 2 aromatic carbocycles. The van der Waals surface area contributed by atoms with Crippen molar-refractivity contribution in [2.24, 2.45) is 5.84 Å². The fourth-order valence-electron chi connectivity index (χ4n) is 2.59. The second-order valence-corrected chi connectivity index (χ2v) is 8.03. The maximum absolute atomic E-state index is 12.6. The van der Waals surface area contributed by atoms with Crippen LogP contribution in [0.25, 0.3) is 0 Å². The molecule has 0 aliphatic carbocycles. The zero-order valence-electron chi connectivity index (χ0n) is 13.6. The minimum atomic E-state index is -3.37. The highest BCUT2D eigenvalue weighted by Crippen LogP contribution is 2.24. The second-order valence-electron chi connectivity index (χ2n) is 5.92. The van der Waals surface area contributed by atoms with Crippen molar-refractivity contribution in [3.05, 3.63) is 71.3 Å². The topological polar surface area (TPSA) is 89.3 Å². The van der Waals surface area contributed by atoms with Gasteiger partial charge in [-0.05, 0) is 18.1 Å². The number of carbonyl (C=O) groups excluding carboxylic acids is 1. The smallest absolute Gasteiger partial charge is 0.234 e. The number of sulfone groups is 1. The van der Waals surface area contributed by atoms with Crippen LogP contribution in [0.2, 0.25) is 0 Å². The van der Waals surface area contributed by atoms with Crippen LogP contribution in [0.1, 0.15) is 29.0 Å². The highest BCUT2D eigenvalue weighted by Gasteiger charge is 2.23. The molecule has 0 bridgehead atoms. The van der Waals surface area contributed by atoms with E-state index in [1.54, 1.807) is 12.1 Å². The average Bonchev–Trinajstić information content (AvgIpc) is 2.55. The van der Waals surface area contributed by atoms with Gasteiger partial charge in [0, 0.05) is 12.3 Å². The van der Waals surface area contributed by atoms with Crippen molar-refractivity contribution in [2.45, 2.75) is 25.0 Å². The Hall–Kier alpha value is -2.18. The number of amides is 1. The van der Waals surface area contributed by atoms with Crippen LogP contribution < -0.4 is 11.3 Å². The summed E-state index contributed by atoms with van der Waals surface area (Å²) >= 11 is 0. The molecule has 0 saturated heterocycles. The van der Waals surface area contributed by atoms with Crippen molar-refractivity contribution in [1.82, 2.24) is 5.43 Å². The number of rotatable bonds is 7. The van der Waals surface area contributed by atoms with Crippen LogP contribution in [0.3, 0.4) is 0 Å². The largest absolute Gasteiger partial charge is 0.294 e. The number of carbonyl (C=O) groups is 1. The highest BCUT2D eigenvalue weighted by atomic mass is 32.2. The molecule has 0 aliphatic rings. The summed E-state index contributed by atoms with van der Waals surface area (Å²) in [5.74, 6) is 4.21. The van der Waals surface area contributed by atoms with Gasteiger partial charge in [0.15, 0.2) is 9.84 Å². The molecule has 6 heteroatoms. The van der Waals surface area contributed by atoms with Gasteiger partial charge >= 0.3 is 0 Å². The highest BCUT2D eigenvalue weighted by molar-refractivity contribution is 7.90. The van der Waals surface area contributed by atoms with Gasteiger partial charge in [0.2, 0.25) is 5.91 Å². The van der Waals surface area contributed by atoms with E-state index in [9.17, 15) is 13.2 Å². The number of hydrogen-bond acceptors (Lipinski definition) is 4. The van der Waals surface area contributed by atoms with Crippen LogP contribution >= 0.6 is 0 Å². The zero-order chi connectivity index (χ0) is 17.6. The van der Waals surface area contributed by atoms with Crippen LogP contribution in [0.15, 0.2) is 54.6 Å². The molecule has 0 fully saturated rings. The number of hydrogen-bond donors (Lipinski definition) is 2. The fraction of sp³-hybridized carbons (Fsp3) is 0.278. The lowest BCUT2D eigenvalue weighted by molar-refractivity contribution is -0.121. The minimum absolute atomic E-state index is 0.0353. The van der Waals surface area contributed by atoms with Crippen molar-refractivity contribution in [1.29, 1.82) is 0 Å². The van der Waals surface area contributed by atoms with Crippen molar-refractivity contribution in [3.8, 4) is 0 Å². The van der Waals surface area contributed by atoms with E-state index in [1.807, 2.05) is 49.4 Å². The standard InChI is InChI=1S/C18H22N2O3S/c1-14-7-9-16(10-8-14)17(11-18(21)20-19)13-24(22,23)12-15-5-3-2-4-6-15/h2-10,17H,11-13,19H2,1H3,(H,20,21). The zero-order valence-corrected chi connectivity index (χ0v) is 14.4. The molecule has 2 rings (SSSR count). The summed E-state index contributed by atoms with van der Waals surface area (Å²) < 4.78 is 25.1. The van der Waals surface area contributed by atoms with Crippen LogP contribution in [0.5, 0.6) is 0 Å². The van der Waals surface area contributed by atoms with Crippen molar-refractivity contribution < 1.29 is 13.2 Å². The quantitative estimate of drug-likeness (QED) is 0.456. The maximum Gasteiger partial charge on any atom is 0.234 e. The van der Waals surface area contributed by atoms with E-state index >= 15 is 0 Å². The summed E-state index contributed by atoms with van der Waals surface area (Å²) in [6.45, 7) is 1.96. The van der Waals surface area contributed by atoms with E-state index in [1.165, 1.54) is 0 Å². The van der Waals surface area contributed by atoms with Gasteiger partial charge < -0.3 is 0 Å². The summed E-state index contributed by atoms with van der Waals surface area (Å²) in [6.07, 6.45) is 0.0353. The number of nitrogens with two attached hydrogens (primary N) is 1. The molecular weight excluding hydrogens is 324 g/mol. The van der Waals surface area contributed by atoms with Gasteiger partial charge in [0.25, 0.3) is 0 Å². The lowest BCUT2D eigenvalue weighted by Crippen LogP contribution is -2.32. The SMILES string of the molecule is Cc1ccc(C(CC(=O)NN)CS(=O)(=O)Cc2ccccc2)cc1. The first kappa shape index (κ1) is 18.2. The van der Waals surface area contributed by atoms with E-state index in [0.717, 1.165) is 16.7 Å². The van der Waals surface area contributed by atoms with Gasteiger partial charge in [-0.25, -0.2) is 14.3 Å². The van der Waals surface area contributed by atoms with Crippen molar-refractivity contribution >= 4 is 15.7 Å². The molecule has 2 aromatic rings. The number of hydrazine groups is 1. The Bertz CT molecular complexity index is 772. The fourth-order valence-corrected chi connectivity index (χ4v) is 4.33. The Labute approximate surface area is 142 Å². The predicted molar refractivity (Wildman–Crippen MR) is 94.8 cm³/mol. The average molecular weight is 346 g/mol. The third-order valence-electron chi connectivity index (χ3n) is 3.83. The predicted octanol–water partition coefficient (Wildman–Crippen LogP) is 2.07. The molecule has 0 aliphatic heterocycles. The first-order valence-electron chi connectivity index (χ1n) is 7.70. The minimum Gasteiger partial charge on any atom is -0.294 e. The van der Waals surface area contributed by atoms with E-state index in [2.05, 4.69) is 5.43 Å². The van der Waals surface area contributed by atoms with Crippen LogP contribution in [-0.2, 0) is 20.4 Å². The molecular formula is C18H22N2O3S. The summed E-state index contributed by atoms with van der Waals surface area (Å²) in [4.78, 5) is 11.7. The molecule has 3 N–H and O–H groups in total. The van der Waals surface area contributed by atoms with Gasteiger partial charge in [-0.3, -0.25) is 10.2 Å². The molecule has 1 atom stereocenters. The van der Waals surface area contributed by atoms with Gasteiger partial charge in [-0.2, -0.15) is 0 Å². The van der Waals surface area contributed by atoms with E-state index < -0.39 is 15.8 Å². The lowest BCUT2D eigenvalue weighted by atomic mass is 9.96. The third kappa shape index (κ3) is 5.47. The molecule has 24 heavy (non-hydrogen) atoms. The molecule has 0 radical (unpaired) electrons. The summed E-state index contributed by atoms with van der Waals surface area (Å²) in [7, 11) is -3.37. The Balaban J connectivity index is 2.20. The Kier molecular flexibility index (Phi) is 6.11. The molecule has 128 valence electrons. The Morgan fingerprint density at radius 3 is 2.29 bits per heavy atom. The number of nitrogens with one attached hydrogen (secondary N) is 1. The van der Waals surface area contributed by atoms with Gasteiger partial charge in [-0.15, -0.1) is 0 Å². The van der Waals surface area contributed by atoms with Crippen LogP contribution in [0, 0.1) is 6.92 Å². The monoisotopic (exact) mass is 346 g/mol. The van der Waals surface area contributed by atoms with E-state index in [-0.39, 0.29) is 23.8 Å². The third-order valence-corrected chi connectivity index (χ3v) is 5.51. The number of benzene rings is 2. The second kappa shape index (κ2) is 8.08. The number of aryl methyl sites for hydroxylation is 1. The summed E-state index contributed by atoms with van der Waals surface area (Å²) in [5.41, 5.74) is 4.71. The van der Waals surface area contributed by atoms with Crippen LogP contribution in [0.4, 0.5) is 0 Å². The maximum atomic E-state index is 12.6. The summed E-state index contributed by atoms with van der Waals surface area (Å²) in [5, 5.41) is 0. The van der Waals surface area contributed by atoms with Crippen molar-refractivity contribution in [3.63, 3.8) is 0 Å². The molecule has 5 nitrogen and oxygen atoms in total. The van der Waals surface area contributed by atoms with Crippen molar-refractivity contribution in [2.75, 3.05) is 5.75 Å².